The first kappa shape index (κ1) is 13.2. The molecule has 3 rings (SSSR count). The molecule has 2 aliphatic rings. The van der Waals surface area contributed by atoms with Crippen molar-refractivity contribution < 1.29 is 4.79 Å². The molecule has 4 unspecified atom stereocenters. The summed E-state index contributed by atoms with van der Waals surface area (Å²) in [6.07, 6.45) is 5.47. The van der Waals surface area contributed by atoms with Gasteiger partial charge in [-0.2, -0.15) is 0 Å². The summed E-state index contributed by atoms with van der Waals surface area (Å²) >= 11 is 3.44. The second-order valence-corrected chi connectivity index (χ2v) is 6.94. The summed E-state index contributed by atoms with van der Waals surface area (Å²) in [5.74, 6) is 2.50. The zero-order valence-corrected chi connectivity index (χ0v) is 12.8. The monoisotopic (exact) mass is 321 g/mol. The Kier molecular flexibility index (Phi) is 3.66. The van der Waals surface area contributed by atoms with Crippen LogP contribution in [0.15, 0.2) is 28.7 Å². The summed E-state index contributed by atoms with van der Waals surface area (Å²) in [7, 11) is 0. The molecule has 2 fully saturated rings. The molecule has 2 nitrogen and oxygen atoms in total. The zero-order valence-electron chi connectivity index (χ0n) is 11.2. The summed E-state index contributed by atoms with van der Waals surface area (Å²) in [6, 6.07) is 7.90. The lowest BCUT2D eigenvalue weighted by Crippen LogP contribution is -2.40. The number of carbonyl (C=O) groups is 1. The van der Waals surface area contributed by atoms with Crippen LogP contribution in [0.2, 0.25) is 0 Å². The van der Waals surface area contributed by atoms with Gasteiger partial charge in [-0.05, 0) is 72.0 Å². The first-order chi connectivity index (χ1) is 9.15. The number of hydrogen-bond acceptors (Lipinski definition) is 1. The van der Waals surface area contributed by atoms with Gasteiger partial charge in [0.05, 0.1) is 5.56 Å². The Morgan fingerprint density at radius 1 is 1.32 bits per heavy atom. The van der Waals surface area contributed by atoms with Gasteiger partial charge in [0, 0.05) is 10.5 Å². The predicted octanol–water partition coefficient (Wildman–Crippen LogP) is 4.00. The highest BCUT2D eigenvalue weighted by molar-refractivity contribution is 9.10. The standard InChI is InChI=1S/C16H20BrNO/c1-10(14-9-11-6-7-12(14)8-11)18-16(19)13-4-2-3-5-15(13)17/h2-5,10-12,14H,6-9H2,1H3,(H,18,19). The van der Waals surface area contributed by atoms with Gasteiger partial charge >= 0.3 is 0 Å². The predicted molar refractivity (Wildman–Crippen MR) is 80.0 cm³/mol. The van der Waals surface area contributed by atoms with Crippen molar-refractivity contribution in [2.24, 2.45) is 17.8 Å². The van der Waals surface area contributed by atoms with E-state index in [4.69, 9.17) is 0 Å². The molecular weight excluding hydrogens is 302 g/mol. The molecule has 102 valence electrons. The van der Waals surface area contributed by atoms with Gasteiger partial charge in [0.1, 0.15) is 0 Å². The van der Waals surface area contributed by atoms with Crippen LogP contribution in [0.25, 0.3) is 0 Å². The third-order valence-corrected chi connectivity index (χ3v) is 5.60. The van der Waals surface area contributed by atoms with Gasteiger partial charge in [-0.3, -0.25) is 4.79 Å². The fourth-order valence-electron chi connectivity index (χ4n) is 3.94. The molecule has 0 saturated heterocycles. The van der Waals surface area contributed by atoms with E-state index in [1.165, 1.54) is 25.7 Å². The van der Waals surface area contributed by atoms with Crippen LogP contribution >= 0.6 is 15.9 Å². The highest BCUT2D eigenvalue weighted by Crippen LogP contribution is 2.49. The lowest BCUT2D eigenvalue weighted by atomic mass is 9.84. The van der Waals surface area contributed by atoms with Crippen molar-refractivity contribution in [3.63, 3.8) is 0 Å². The molecule has 3 heteroatoms. The van der Waals surface area contributed by atoms with E-state index in [-0.39, 0.29) is 11.9 Å². The van der Waals surface area contributed by atoms with E-state index in [1.807, 2.05) is 24.3 Å². The number of amides is 1. The molecule has 0 radical (unpaired) electrons. The van der Waals surface area contributed by atoms with Crippen LogP contribution in [0.4, 0.5) is 0 Å². The average molecular weight is 322 g/mol. The van der Waals surface area contributed by atoms with E-state index >= 15 is 0 Å². The molecule has 1 N–H and O–H groups in total. The second kappa shape index (κ2) is 5.28. The average Bonchev–Trinajstić information content (AvgIpc) is 3.01. The molecular formula is C16H20BrNO. The van der Waals surface area contributed by atoms with Crippen molar-refractivity contribution in [3.05, 3.63) is 34.3 Å². The Morgan fingerprint density at radius 3 is 2.74 bits per heavy atom. The molecule has 1 aromatic rings. The molecule has 4 atom stereocenters. The topological polar surface area (TPSA) is 29.1 Å². The van der Waals surface area contributed by atoms with Gasteiger partial charge < -0.3 is 5.32 Å². The molecule has 0 aromatic heterocycles. The normalized spacial score (nSPS) is 30.3. The Balaban J connectivity index is 1.65. The SMILES string of the molecule is CC(NC(=O)c1ccccc1Br)C1CC2CCC1C2. The number of benzene rings is 1. The quantitative estimate of drug-likeness (QED) is 0.895. The van der Waals surface area contributed by atoms with Crippen molar-refractivity contribution in [2.45, 2.75) is 38.6 Å². The molecule has 1 aromatic carbocycles. The van der Waals surface area contributed by atoms with E-state index in [1.54, 1.807) is 0 Å². The van der Waals surface area contributed by atoms with Crippen LogP contribution < -0.4 is 5.32 Å². The lowest BCUT2D eigenvalue weighted by molar-refractivity contribution is 0.0914. The third-order valence-electron chi connectivity index (χ3n) is 4.91. The molecule has 1 amide bonds. The number of carbonyl (C=O) groups excluding carboxylic acids is 1. The Labute approximate surface area is 123 Å². The number of halogens is 1. The number of nitrogens with one attached hydrogen (secondary N) is 1. The maximum Gasteiger partial charge on any atom is 0.252 e. The van der Waals surface area contributed by atoms with Crippen LogP contribution in [0.5, 0.6) is 0 Å². The second-order valence-electron chi connectivity index (χ2n) is 6.08. The molecule has 2 aliphatic carbocycles. The summed E-state index contributed by atoms with van der Waals surface area (Å²) < 4.78 is 0.868. The van der Waals surface area contributed by atoms with Gasteiger partial charge in [-0.1, -0.05) is 18.6 Å². The number of hydrogen-bond donors (Lipinski definition) is 1. The molecule has 0 aliphatic heterocycles. The van der Waals surface area contributed by atoms with Crippen LogP contribution in [0.1, 0.15) is 43.0 Å². The zero-order chi connectivity index (χ0) is 13.4. The molecule has 0 heterocycles. The number of rotatable bonds is 3. The van der Waals surface area contributed by atoms with Crippen molar-refractivity contribution >= 4 is 21.8 Å². The van der Waals surface area contributed by atoms with Crippen LogP contribution in [-0.2, 0) is 0 Å². The van der Waals surface area contributed by atoms with Gasteiger partial charge in [0.15, 0.2) is 0 Å². The fourth-order valence-corrected chi connectivity index (χ4v) is 4.41. The van der Waals surface area contributed by atoms with E-state index in [9.17, 15) is 4.79 Å². The highest BCUT2D eigenvalue weighted by Gasteiger charge is 2.42. The summed E-state index contributed by atoms with van der Waals surface area (Å²) in [6.45, 7) is 2.17. The van der Waals surface area contributed by atoms with Crippen molar-refractivity contribution in [1.29, 1.82) is 0 Å². The van der Waals surface area contributed by atoms with Crippen LogP contribution in [0, 0.1) is 17.8 Å². The summed E-state index contributed by atoms with van der Waals surface area (Å²) in [5.41, 5.74) is 0.734. The van der Waals surface area contributed by atoms with Gasteiger partial charge in [-0.25, -0.2) is 0 Å². The van der Waals surface area contributed by atoms with E-state index in [0.29, 0.717) is 5.92 Å². The minimum absolute atomic E-state index is 0.0442. The van der Waals surface area contributed by atoms with E-state index in [0.717, 1.165) is 21.9 Å². The molecule has 0 spiro atoms. The Hall–Kier alpha value is -0.830. The van der Waals surface area contributed by atoms with Crippen molar-refractivity contribution in [3.8, 4) is 0 Å². The van der Waals surface area contributed by atoms with E-state index in [2.05, 4.69) is 28.2 Å². The summed E-state index contributed by atoms with van der Waals surface area (Å²) in [5, 5.41) is 3.19. The first-order valence-corrected chi connectivity index (χ1v) is 8.00. The molecule has 2 saturated carbocycles. The molecule has 2 bridgehead atoms. The summed E-state index contributed by atoms with van der Waals surface area (Å²) in [4.78, 5) is 12.3. The van der Waals surface area contributed by atoms with Crippen LogP contribution in [-0.4, -0.2) is 11.9 Å². The lowest BCUT2D eigenvalue weighted by Gasteiger charge is -2.28. The largest absolute Gasteiger partial charge is 0.349 e. The van der Waals surface area contributed by atoms with Crippen molar-refractivity contribution in [1.82, 2.24) is 5.32 Å². The Morgan fingerprint density at radius 2 is 2.11 bits per heavy atom. The van der Waals surface area contributed by atoms with E-state index < -0.39 is 0 Å². The first-order valence-electron chi connectivity index (χ1n) is 7.20. The van der Waals surface area contributed by atoms with Gasteiger partial charge in [0.25, 0.3) is 5.91 Å². The van der Waals surface area contributed by atoms with Crippen molar-refractivity contribution in [2.75, 3.05) is 0 Å². The highest BCUT2D eigenvalue weighted by atomic mass is 79.9. The minimum atomic E-state index is 0.0442. The van der Waals surface area contributed by atoms with Gasteiger partial charge in [0.2, 0.25) is 0 Å². The Bertz CT molecular complexity index is 487. The number of fused-ring (bicyclic) bond motifs is 2. The third kappa shape index (κ3) is 2.58. The van der Waals surface area contributed by atoms with Crippen LogP contribution in [0.3, 0.4) is 0 Å². The fraction of sp³-hybridized carbons (Fsp3) is 0.562. The molecule has 19 heavy (non-hydrogen) atoms. The maximum absolute atomic E-state index is 12.3. The van der Waals surface area contributed by atoms with Gasteiger partial charge in [-0.15, -0.1) is 0 Å². The maximum atomic E-state index is 12.3. The minimum Gasteiger partial charge on any atom is -0.349 e. The smallest absolute Gasteiger partial charge is 0.252 e.